The molecule has 9 heteroatoms. The van der Waals surface area contributed by atoms with Crippen LogP contribution in [0.3, 0.4) is 0 Å². The Labute approximate surface area is 245 Å². The molecule has 220 valence electrons. The first-order chi connectivity index (χ1) is 20.3. The lowest BCUT2D eigenvalue weighted by atomic mass is 9.70. The molecule has 3 saturated heterocycles. The molecule has 0 saturated carbocycles. The minimum Gasteiger partial charge on any atom is -0.494 e. The first-order valence-electron chi connectivity index (χ1n) is 14.7. The van der Waals surface area contributed by atoms with Crippen LogP contribution in [0.15, 0.2) is 66.7 Å². The zero-order valence-corrected chi connectivity index (χ0v) is 24.1. The van der Waals surface area contributed by atoms with E-state index < -0.39 is 35.6 Å². The number of nitrogens with one attached hydrogen (secondary N) is 2. The van der Waals surface area contributed by atoms with Crippen molar-refractivity contribution in [3.05, 3.63) is 66.7 Å². The van der Waals surface area contributed by atoms with Crippen molar-refractivity contribution in [2.45, 2.75) is 57.4 Å². The molecular weight excluding hydrogens is 534 g/mol. The third-order valence-electron chi connectivity index (χ3n) is 9.05. The average molecular weight is 572 g/mol. The van der Waals surface area contributed by atoms with Crippen molar-refractivity contribution in [1.29, 1.82) is 0 Å². The maximum atomic E-state index is 14.3. The second-order valence-electron chi connectivity index (χ2n) is 11.8. The minimum absolute atomic E-state index is 0.126. The van der Waals surface area contributed by atoms with E-state index in [-0.39, 0.29) is 30.2 Å². The van der Waals surface area contributed by atoms with Crippen LogP contribution in [-0.4, -0.2) is 64.7 Å². The lowest BCUT2D eigenvalue weighted by molar-refractivity contribution is -0.144. The fraction of sp³-hybridized carbons (Fsp3) is 0.424. The summed E-state index contributed by atoms with van der Waals surface area (Å²) in [6.07, 6.45) is 0.555. The standard InChI is InChI=1S/C33H37N3O6/c1-4-41-24-13-11-22(12-14-24)34-30(38)27-26-15-16-33(42-26)28(27)32(40)36(25(18-37)19(2)3)29(33)31(39)35-23-10-9-20-7-5-6-8-21(20)17-23/h5-14,17,19,25-29,37H,4,15-16,18H2,1-3H3,(H,34,38)(H,35,39)/t25-,26-,27+,28-,29?,33?/m0/s1. The molecule has 2 bridgehead atoms. The summed E-state index contributed by atoms with van der Waals surface area (Å²) in [6.45, 7) is 5.95. The van der Waals surface area contributed by atoms with Crippen LogP contribution in [0.2, 0.25) is 0 Å². The van der Waals surface area contributed by atoms with Crippen LogP contribution in [0, 0.1) is 17.8 Å². The van der Waals surface area contributed by atoms with Crippen molar-refractivity contribution >= 4 is 39.9 Å². The van der Waals surface area contributed by atoms with E-state index in [0.717, 1.165) is 10.8 Å². The monoisotopic (exact) mass is 571 g/mol. The topological polar surface area (TPSA) is 117 Å². The molecule has 3 fully saturated rings. The van der Waals surface area contributed by atoms with Gasteiger partial charge >= 0.3 is 0 Å². The van der Waals surface area contributed by atoms with Crippen molar-refractivity contribution in [2.24, 2.45) is 17.8 Å². The molecule has 3 aromatic carbocycles. The number of aliphatic hydroxyl groups excluding tert-OH is 1. The van der Waals surface area contributed by atoms with E-state index in [0.29, 0.717) is 36.6 Å². The molecule has 2 unspecified atom stereocenters. The number of fused-ring (bicyclic) bond motifs is 2. The molecule has 0 radical (unpaired) electrons. The van der Waals surface area contributed by atoms with E-state index in [1.54, 1.807) is 24.3 Å². The molecule has 3 aromatic rings. The molecule has 3 N–H and O–H groups in total. The highest BCUT2D eigenvalue weighted by Gasteiger charge is 2.75. The van der Waals surface area contributed by atoms with Crippen LogP contribution < -0.4 is 15.4 Å². The fourth-order valence-electron chi connectivity index (χ4n) is 7.17. The van der Waals surface area contributed by atoms with Crippen LogP contribution in [0.1, 0.15) is 33.6 Å². The van der Waals surface area contributed by atoms with Crippen LogP contribution in [0.4, 0.5) is 11.4 Å². The molecule has 0 aromatic heterocycles. The summed E-state index contributed by atoms with van der Waals surface area (Å²) in [4.78, 5) is 43.6. The SMILES string of the molecule is CCOc1ccc(NC(=O)[C@@H]2[C@@H]3CCC4(O3)C(C(=O)Nc3ccc5ccccc5c3)N([C@@H](CO)C(C)C)C(=O)[C@H]24)cc1. The number of hydrogen-bond donors (Lipinski definition) is 3. The van der Waals surface area contributed by atoms with Gasteiger partial charge in [-0.15, -0.1) is 0 Å². The Morgan fingerprint density at radius 1 is 1.02 bits per heavy atom. The maximum absolute atomic E-state index is 14.3. The van der Waals surface area contributed by atoms with Gasteiger partial charge in [0.15, 0.2) is 0 Å². The smallest absolute Gasteiger partial charge is 0.250 e. The van der Waals surface area contributed by atoms with E-state index in [4.69, 9.17) is 9.47 Å². The number of hydrogen-bond acceptors (Lipinski definition) is 6. The molecular formula is C33H37N3O6. The molecule has 9 nitrogen and oxygen atoms in total. The van der Waals surface area contributed by atoms with Gasteiger partial charge in [0.25, 0.3) is 0 Å². The quantitative estimate of drug-likeness (QED) is 0.354. The summed E-state index contributed by atoms with van der Waals surface area (Å²) < 4.78 is 12.0. The number of rotatable bonds is 9. The number of likely N-dealkylation sites (tertiary alicyclic amines) is 1. The molecule has 3 amide bonds. The van der Waals surface area contributed by atoms with Gasteiger partial charge in [-0.05, 0) is 72.9 Å². The minimum atomic E-state index is -1.16. The van der Waals surface area contributed by atoms with Crippen molar-refractivity contribution in [1.82, 2.24) is 4.90 Å². The Morgan fingerprint density at radius 2 is 1.71 bits per heavy atom. The second kappa shape index (κ2) is 11.0. The first-order valence-corrected chi connectivity index (χ1v) is 14.7. The predicted octanol–water partition coefficient (Wildman–Crippen LogP) is 4.21. The van der Waals surface area contributed by atoms with Crippen molar-refractivity contribution < 1.29 is 29.0 Å². The van der Waals surface area contributed by atoms with E-state index in [2.05, 4.69) is 10.6 Å². The van der Waals surface area contributed by atoms with E-state index in [1.165, 1.54) is 4.90 Å². The van der Waals surface area contributed by atoms with Gasteiger partial charge < -0.3 is 30.1 Å². The molecule has 3 heterocycles. The van der Waals surface area contributed by atoms with Crippen LogP contribution >= 0.6 is 0 Å². The van der Waals surface area contributed by atoms with Crippen LogP contribution in [-0.2, 0) is 19.1 Å². The summed E-state index contributed by atoms with van der Waals surface area (Å²) in [6, 6.07) is 19.0. The normalized spacial score (nSPS) is 26.9. The number of amides is 3. The molecule has 6 atom stereocenters. The summed E-state index contributed by atoms with van der Waals surface area (Å²) in [5.41, 5.74) is 0.0307. The highest BCUT2D eigenvalue weighted by atomic mass is 16.5. The Balaban J connectivity index is 1.32. The Morgan fingerprint density at radius 3 is 2.40 bits per heavy atom. The summed E-state index contributed by atoms with van der Waals surface area (Å²) in [7, 11) is 0. The Bertz CT molecular complexity index is 1510. The van der Waals surface area contributed by atoms with Gasteiger partial charge in [-0.25, -0.2) is 0 Å². The fourth-order valence-corrected chi connectivity index (χ4v) is 7.17. The lowest BCUT2D eigenvalue weighted by Gasteiger charge is -2.38. The van der Waals surface area contributed by atoms with Gasteiger partial charge in [-0.3, -0.25) is 14.4 Å². The highest BCUT2D eigenvalue weighted by Crippen LogP contribution is 2.59. The van der Waals surface area contributed by atoms with Crippen LogP contribution in [0.5, 0.6) is 5.75 Å². The largest absolute Gasteiger partial charge is 0.494 e. The number of carbonyl (C=O) groups is 3. The maximum Gasteiger partial charge on any atom is 0.250 e. The van der Waals surface area contributed by atoms with Gasteiger partial charge in [-0.2, -0.15) is 0 Å². The number of anilines is 2. The number of benzene rings is 3. The lowest BCUT2D eigenvalue weighted by Crippen LogP contribution is -2.57. The first kappa shape index (κ1) is 28.2. The Kier molecular flexibility index (Phi) is 7.41. The van der Waals surface area contributed by atoms with E-state index in [9.17, 15) is 19.5 Å². The summed E-state index contributed by atoms with van der Waals surface area (Å²) in [5.74, 6) is -2.04. The van der Waals surface area contributed by atoms with Crippen molar-refractivity contribution in [2.75, 3.05) is 23.8 Å². The summed E-state index contributed by atoms with van der Waals surface area (Å²) >= 11 is 0. The highest BCUT2D eigenvalue weighted by molar-refractivity contribution is 6.05. The molecule has 3 aliphatic heterocycles. The number of aliphatic hydroxyl groups is 1. The average Bonchev–Trinajstić information content (AvgIpc) is 3.62. The molecule has 42 heavy (non-hydrogen) atoms. The predicted molar refractivity (Wildman–Crippen MR) is 159 cm³/mol. The van der Waals surface area contributed by atoms with E-state index in [1.807, 2.05) is 63.2 Å². The summed E-state index contributed by atoms with van der Waals surface area (Å²) in [5, 5.41) is 18.4. The molecule has 0 aliphatic carbocycles. The number of carbonyl (C=O) groups excluding carboxylic acids is 3. The number of ether oxygens (including phenoxy) is 2. The zero-order chi connectivity index (χ0) is 29.6. The van der Waals surface area contributed by atoms with Crippen molar-refractivity contribution in [3.8, 4) is 5.75 Å². The third-order valence-corrected chi connectivity index (χ3v) is 9.05. The van der Waals surface area contributed by atoms with Crippen LogP contribution in [0.25, 0.3) is 10.8 Å². The van der Waals surface area contributed by atoms with Gasteiger partial charge in [0.05, 0.1) is 37.2 Å². The third kappa shape index (κ3) is 4.61. The van der Waals surface area contributed by atoms with Crippen molar-refractivity contribution in [3.63, 3.8) is 0 Å². The van der Waals surface area contributed by atoms with Gasteiger partial charge in [0, 0.05) is 11.4 Å². The van der Waals surface area contributed by atoms with Gasteiger partial charge in [-0.1, -0.05) is 44.2 Å². The molecule has 3 aliphatic rings. The number of nitrogens with zero attached hydrogens (tertiary/aromatic N) is 1. The second-order valence-corrected chi connectivity index (χ2v) is 11.8. The van der Waals surface area contributed by atoms with Gasteiger partial charge in [0.2, 0.25) is 17.7 Å². The zero-order valence-electron chi connectivity index (χ0n) is 24.1. The van der Waals surface area contributed by atoms with Gasteiger partial charge in [0.1, 0.15) is 17.4 Å². The molecule has 1 spiro atoms. The molecule has 6 rings (SSSR count). The Hall–Kier alpha value is -3.95. The van der Waals surface area contributed by atoms with E-state index >= 15 is 0 Å².